The lowest BCUT2D eigenvalue weighted by Crippen LogP contribution is -1.99. The van der Waals surface area contributed by atoms with Crippen LogP contribution in [0.5, 0.6) is 0 Å². The molecule has 0 amide bonds. The van der Waals surface area contributed by atoms with Gasteiger partial charge in [0.2, 0.25) is 0 Å². The zero-order valence-corrected chi connectivity index (χ0v) is 13.0. The van der Waals surface area contributed by atoms with Crippen LogP contribution < -0.4 is 0 Å². The first-order valence-electron chi connectivity index (χ1n) is 6.25. The molecule has 21 heavy (non-hydrogen) atoms. The van der Waals surface area contributed by atoms with E-state index in [1.54, 1.807) is 12.1 Å². The summed E-state index contributed by atoms with van der Waals surface area (Å²) in [7, 11) is 0. The van der Waals surface area contributed by atoms with Crippen molar-refractivity contribution in [1.29, 1.82) is 0 Å². The minimum absolute atomic E-state index is 0.0370. The number of furan rings is 1. The van der Waals surface area contributed by atoms with Gasteiger partial charge in [0.05, 0.1) is 0 Å². The van der Waals surface area contributed by atoms with E-state index >= 15 is 0 Å². The smallest absolute Gasteiger partial charge is 0.331 e. The lowest BCUT2D eigenvalue weighted by atomic mass is 10.1. The van der Waals surface area contributed by atoms with Gasteiger partial charge in [0.1, 0.15) is 11.5 Å². The molecule has 2 rings (SSSR count). The average molecular weight is 345 g/mol. The van der Waals surface area contributed by atoms with Crippen molar-refractivity contribution in [2.75, 3.05) is 6.61 Å². The quantitative estimate of drug-likeness (QED) is 0.473. The molecular weight excluding hydrogens is 332 g/mol. The predicted octanol–water partition coefficient (Wildman–Crippen LogP) is 4.21. The molecule has 0 saturated heterocycles. The second-order valence-electron chi connectivity index (χ2n) is 4.31. The Labute approximate surface area is 131 Å². The van der Waals surface area contributed by atoms with Crippen LogP contribution in [0.15, 0.2) is 45.3 Å². The van der Waals surface area contributed by atoms with Gasteiger partial charge in [0.25, 0.3) is 0 Å². The number of hydrogen-bond acceptors (Lipinski definition) is 3. The van der Waals surface area contributed by atoms with Crippen LogP contribution in [-0.4, -0.2) is 12.6 Å². The third-order valence-electron chi connectivity index (χ3n) is 2.76. The first kappa shape index (κ1) is 15.1. The fraction of sp³-hybridized carbons (Fsp3) is 0.118. The van der Waals surface area contributed by atoms with E-state index in [9.17, 15) is 4.79 Å². The molecule has 1 heterocycles. The molecule has 0 radical (unpaired) electrons. The Morgan fingerprint density at radius 3 is 2.95 bits per heavy atom. The fourth-order valence-electron chi connectivity index (χ4n) is 1.80. The summed E-state index contributed by atoms with van der Waals surface area (Å²) < 4.78 is 11.4. The van der Waals surface area contributed by atoms with E-state index in [1.165, 1.54) is 6.08 Å². The Morgan fingerprint density at radius 2 is 2.24 bits per heavy atom. The molecule has 4 heteroatoms. The van der Waals surface area contributed by atoms with Gasteiger partial charge in [-0.3, -0.25) is 0 Å². The highest BCUT2D eigenvalue weighted by Gasteiger charge is 2.07. The zero-order chi connectivity index (χ0) is 15.2. The van der Waals surface area contributed by atoms with E-state index in [-0.39, 0.29) is 6.61 Å². The Kier molecular flexibility index (Phi) is 5.02. The highest BCUT2D eigenvalue weighted by atomic mass is 79.9. The summed E-state index contributed by atoms with van der Waals surface area (Å²) in [5.74, 6) is 3.06. The van der Waals surface area contributed by atoms with Crippen LogP contribution >= 0.6 is 15.9 Å². The van der Waals surface area contributed by atoms with Crippen molar-refractivity contribution in [1.82, 2.24) is 0 Å². The van der Waals surface area contributed by atoms with Gasteiger partial charge < -0.3 is 9.15 Å². The molecule has 1 aromatic heterocycles. The summed E-state index contributed by atoms with van der Waals surface area (Å²) in [4.78, 5) is 11.3. The van der Waals surface area contributed by atoms with E-state index in [4.69, 9.17) is 15.6 Å². The molecule has 0 bridgehead atoms. The lowest BCUT2D eigenvalue weighted by molar-refractivity contribution is -0.136. The largest absolute Gasteiger partial charge is 0.457 e. The SMILES string of the molecule is C#CCOC(=O)/C=C/c1ccc(-c2ccc(Br)cc2C)o1. The summed E-state index contributed by atoms with van der Waals surface area (Å²) in [5.41, 5.74) is 2.11. The predicted molar refractivity (Wildman–Crippen MR) is 85.4 cm³/mol. The maximum atomic E-state index is 11.3. The topological polar surface area (TPSA) is 39.4 Å². The van der Waals surface area contributed by atoms with E-state index in [0.29, 0.717) is 5.76 Å². The summed E-state index contributed by atoms with van der Waals surface area (Å²) in [6.07, 6.45) is 7.84. The van der Waals surface area contributed by atoms with Gasteiger partial charge in [-0.15, -0.1) is 6.42 Å². The summed E-state index contributed by atoms with van der Waals surface area (Å²) in [5, 5.41) is 0. The number of halogens is 1. The first-order valence-corrected chi connectivity index (χ1v) is 7.04. The van der Waals surface area contributed by atoms with Crippen molar-refractivity contribution in [2.24, 2.45) is 0 Å². The van der Waals surface area contributed by atoms with Crippen LogP contribution in [0.4, 0.5) is 0 Å². The third-order valence-corrected chi connectivity index (χ3v) is 3.26. The van der Waals surface area contributed by atoms with E-state index in [0.717, 1.165) is 21.4 Å². The third kappa shape index (κ3) is 4.11. The van der Waals surface area contributed by atoms with Crippen molar-refractivity contribution >= 4 is 28.0 Å². The van der Waals surface area contributed by atoms with Crippen LogP contribution in [0.25, 0.3) is 17.4 Å². The Hall–Kier alpha value is -2.25. The number of rotatable bonds is 4. The molecule has 0 spiro atoms. The second kappa shape index (κ2) is 6.96. The Morgan fingerprint density at radius 1 is 1.43 bits per heavy atom. The average Bonchev–Trinajstić information content (AvgIpc) is 2.91. The summed E-state index contributed by atoms with van der Waals surface area (Å²) in [6.45, 7) is 1.97. The number of hydrogen-bond donors (Lipinski definition) is 0. The van der Waals surface area contributed by atoms with Crippen LogP contribution in [0.1, 0.15) is 11.3 Å². The van der Waals surface area contributed by atoms with Crippen LogP contribution in [0, 0.1) is 19.3 Å². The first-order chi connectivity index (χ1) is 10.1. The molecule has 0 aliphatic rings. The van der Waals surface area contributed by atoms with E-state index < -0.39 is 5.97 Å². The molecule has 0 saturated carbocycles. The molecule has 0 atom stereocenters. The highest BCUT2D eigenvalue weighted by molar-refractivity contribution is 9.10. The van der Waals surface area contributed by atoms with Gasteiger partial charge in [0, 0.05) is 16.1 Å². The number of aryl methyl sites for hydroxylation is 1. The maximum Gasteiger partial charge on any atom is 0.331 e. The minimum Gasteiger partial charge on any atom is -0.457 e. The van der Waals surface area contributed by atoms with Gasteiger partial charge in [-0.25, -0.2) is 4.79 Å². The van der Waals surface area contributed by atoms with Crippen LogP contribution in [-0.2, 0) is 9.53 Å². The molecule has 2 aromatic rings. The van der Waals surface area contributed by atoms with Gasteiger partial charge in [-0.2, -0.15) is 0 Å². The Balaban J connectivity index is 2.13. The fourth-order valence-corrected chi connectivity index (χ4v) is 2.28. The molecule has 1 aromatic carbocycles. The number of esters is 1. The van der Waals surface area contributed by atoms with Gasteiger partial charge >= 0.3 is 5.97 Å². The highest BCUT2D eigenvalue weighted by Crippen LogP contribution is 2.28. The summed E-state index contributed by atoms with van der Waals surface area (Å²) in [6, 6.07) is 9.61. The number of benzene rings is 1. The number of ether oxygens (including phenoxy) is 1. The van der Waals surface area contributed by atoms with Crippen molar-refractivity contribution < 1.29 is 13.9 Å². The number of carbonyl (C=O) groups is 1. The second-order valence-corrected chi connectivity index (χ2v) is 5.22. The standard InChI is InChI=1S/C17H13BrO3/c1-3-10-20-17(19)9-6-14-5-8-16(21-14)15-7-4-13(18)11-12(15)2/h1,4-9,11H,10H2,2H3/b9-6+. The van der Waals surface area contributed by atoms with Crippen molar-refractivity contribution in [2.45, 2.75) is 6.92 Å². The van der Waals surface area contributed by atoms with Gasteiger partial charge in [-0.1, -0.05) is 21.9 Å². The molecule has 0 aliphatic carbocycles. The lowest BCUT2D eigenvalue weighted by Gasteiger charge is -2.02. The maximum absolute atomic E-state index is 11.3. The number of carbonyl (C=O) groups excluding carboxylic acids is 1. The van der Waals surface area contributed by atoms with Gasteiger partial charge in [-0.05, 0) is 48.9 Å². The van der Waals surface area contributed by atoms with E-state index in [1.807, 2.05) is 31.2 Å². The molecule has 3 nitrogen and oxygen atoms in total. The van der Waals surface area contributed by atoms with Crippen molar-refractivity contribution in [3.8, 4) is 23.7 Å². The molecule has 0 fully saturated rings. The molecular formula is C17H13BrO3. The van der Waals surface area contributed by atoms with Crippen molar-refractivity contribution in [3.63, 3.8) is 0 Å². The minimum atomic E-state index is -0.495. The van der Waals surface area contributed by atoms with Crippen molar-refractivity contribution in [3.05, 3.63) is 52.2 Å². The van der Waals surface area contributed by atoms with E-state index in [2.05, 4.69) is 21.9 Å². The normalized spacial score (nSPS) is 10.5. The molecule has 0 unspecified atom stereocenters. The van der Waals surface area contributed by atoms with Crippen LogP contribution in [0.3, 0.4) is 0 Å². The molecule has 106 valence electrons. The molecule has 0 N–H and O–H groups in total. The monoisotopic (exact) mass is 344 g/mol. The summed E-state index contributed by atoms with van der Waals surface area (Å²) >= 11 is 3.43. The number of terminal acetylenes is 1. The Bertz CT molecular complexity index is 720. The van der Waals surface area contributed by atoms with Crippen LogP contribution in [0.2, 0.25) is 0 Å². The zero-order valence-electron chi connectivity index (χ0n) is 11.4. The molecule has 0 aliphatic heterocycles. The van der Waals surface area contributed by atoms with Gasteiger partial charge in [0.15, 0.2) is 6.61 Å².